The summed E-state index contributed by atoms with van der Waals surface area (Å²) >= 11 is 0. The van der Waals surface area contributed by atoms with Gasteiger partial charge in [-0.05, 0) is 67.6 Å². The molecule has 0 spiro atoms. The molecule has 0 aliphatic heterocycles. The van der Waals surface area contributed by atoms with Gasteiger partial charge in [-0.2, -0.15) is 0 Å². The van der Waals surface area contributed by atoms with Crippen molar-refractivity contribution >= 4 is 17.7 Å². The average Bonchev–Trinajstić information content (AvgIpc) is 2.98. The van der Waals surface area contributed by atoms with E-state index in [0.717, 1.165) is 43.4 Å². The Kier molecular flexibility index (Phi) is 5.13. The third-order valence-corrected chi connectivity index (χ3v) is 7.29. The van der Waals surface area contributed by atoms with Crippen molar-refractivity contribution in [1.82, 2.24) is 0 Å². The molecular weight excluding hydrogens is 370 g/mol. The van der Waals surface area contributed by atoms with Gasteiger partial charge in [-0.25, -0.2) is 0 Å². The van der Waals surface area contributed by atoms with Crippen LogP contribution in [0.3, 0.4) is 0 Å². The lowest BCUT2D eigenvalue weighted by molar-refractivity contribution is -0.154. The van der Waals surface area contributed by atoms with Gasteiger partial charge < -0.3 is 14.3 Å². The second-order valence-electron chi connectivity index (χ2n) is 8.86. The van der Waals surface area contributed by atoms with Gasteiger partial charge in [-0.3, -0.25) is 9.59 Å². The summed E-state index contributed by atoms with van der Waals surface area (Å²) in [6.07, 6.45) is 4.91. The summed E-state index contributed by atoms with van der Waals surface area (Å²) in [5, 5.41) is 4.33. The van der Waals surface area contributed by atoms with E-state index in [9.17, 15) is 9.59 Å². The van der Waals surface area contributed by atoms with Crippen LogP contribution in [0.1, 0.15) is 69.9 Å². The van der Waals surface area contributed by atoms with Crippen molar-refractivity contribution < 1.29 is 23.9 Å². The van der Waals surface area contributed by atoms with Crippen molar-refractivity contribution in [1.29, 1.82) is 0 Å². The highest BCUT2D eigenvalue weighted by Gasteiger charge is 2.56. The minimum Gasteiger partial charge on any atom is -0.462 e. The molecule has 0 radical (unpaired) electrons. The second-order valence-corrected chi connectivity index (χ2v) is 8.86. The summed E-state index contributed by atoms with van der Waals surface area (Å²) in [6, 6.07) is 5.86. The van der Waals surface area contributed by atoms with Gasteiger partial charge >= 0.3 is 11.9 Å². The van der Waals surface area contributed by atoms with Crippen molar-refractivity contribution in [3.8, 4) is 5.75 Å². The smallest absolute Gasteiger partial charge is 0.308 e. The highest BCUT2D eigenvalue weighted by atomic mass is 16.6. The number of benzene rings is 1. The van der Waals surface area contributed by atoms with E-state index < -0.39 is 0 Å². The predicted molar refractivity (Wildman–Crippen MR) is 108 cm³/mol. The quantitative estimate of drug-likeness (QED) is 0.432. The largest absolute Gasteiger partial charge is 0.462 e. The van der Waals surface area contributed by atoms with Crippen LogP contribution in [0.5, 0.6) is 5.75 Å². The molecule has 0 N–H and O–H groups in total. The summed E-state index contributed by atoms with van der Waals surface area (Å²) in [5.41, 5.74) is 3.19. The van der Waals surface area contributed by atoms with E-state index in [2.05, 4.69) is 18.1 Å². The van der Waals surface area contributed by atoms with Gasteiger partial charge in [0.2, 0.25) is 0 Å². The van der Waals surface area contributed by atoms with Gasteiger partial charge in [0.15, 0.2) is 0 Å². The Balaban J connectivity index is 1.69. The van der Waals surface area contributed by atoms with Gasteiger partial charge in [0, 0.05) is 24.8 Å². The van der Waals surface area contributed by atoms with Crippen LogP contribution in [0, 0.1) is 17.3 Å². The number of esters is 2. The molecule has 0 aromatic heterocycles. The van der Waals surface area contributed by atoms with E-state index in [1.165, 1.54) is 19.4 Å². The lowest BCUT2D eigenvalue weighted by Crippen LogP contribution is -2.46. The number of carbonyl (C=O) groups excluding carboxylic acids is 2. The maximum Gasteiger partial charge on any atom is 0.308 e. The zero-order valence-corrected chi connectivity index (χ0v) is 17.6. The first kappa shape index (κ1) is 19.9. The van der Waals surface area contributed by atoms with Crippen LogP contribution in [0.4, 0.5) is 0 Å². The van der Waals surface area contributed by atoms with E-state index in [0.29, 0.717) is 23.5 Å². The number of rotatable bonds is 3. The van der Waals surface area contributed by atoms with Crippen LogP contribution in [-0.2, 0) is 19.2 Å². The Bertz CT molecular complexity index is 863. The van der Waals surface area contributed by atoms with E-state index in [1.807, 2.05) is 12.1 Å². The summed E-state index contributed by atoms with van der Waals surface area (Å²) in [5.74, 6) is 1.37. The van der Waals surface area contributed by atoms with E-state index in [1.54, 1.807) is 7.11 Å². The molecule has 6 heteroatoms. The van der Waals surface area contributed by atoms with Crippen molar-refractivity contribution in [3.05, 3.63) is 29.3 Å². The normalized spacial score (nSPS) is 34.0. The van der Waals surface area contributed by atoms with E-state index >= 15 is 0 Å². The minimum atomic E-state index is -0.334. The first-order valence-corrected chi connectivity index (χ1v) is 10.4. The minimum absolute atomic E-state index is 0.00139. The molecule has 4 rings (SSSR count). The number of carbonyl (C=O) groups is 2. The number of hydrogen-bond acceptors (Lipinski definition) is 6. The predicted octanol–water partition coefficient (Wildman–Crippen LogP) is 4.21. The van der Waals surface area contributed by atoms with Crippen LogP contribution in [0.15, 0.2) is 23.4 Å². The fraction of sp³-hybridized carbons (Fsp3) is 0.609. The monoisotopic (exact) mass is 399 g/mol. The molecule has 156 valence electrons. The van der Waals surface area contributed by atoms with E-state index in [4.69, 9.17) is 14.3 Å². The molecule has 5 atom stereocenters. The third-order valence-electron chi connectivity index (χ3n) is 7.29. The lowest BCUT2D eigenvalue weighted by Gasteiger charge is -2.50. The van der Waals surface area contributed by atoms with Crippen molar-refractivity contribution in [3.63, 3.8) is 0 Å². The van der Waals surface area contributed by atoms with Gasteiger partial charge in [0.05, 0.1) is 5.71 Å². The van der Waals surface area contributed by atoms with Crippen LogP contribution in [-0.4, -0.2) is 30.9 Å². The van der Waals surface area contributed by atoms with Crippen LogP contribution < -0.4 is 4.74 Å². The number of ether oxygens (including phenoxy) is 2. The van der Waals surface area contributed by atoms with Crippen molar-refractivity contribution in [2.45, 2.75) is 64.9 Å². The molecule has 0 saturated heterocycles. The van der Waals surface area contributed by atoms with Crippen molar-refractivity contribution in [2.24, 2.45) is 22.4 Å². The summed E-state index contributed by atoms with van der Waals surface area (Å²) in [7, 11) is 1.56. The number of oxime groups is 1. The number of nitrogens with zero attached hydrogens (tertiary/aromatic N) is 1. The molecule has 29 heavy (non-hydrogen) atoms. The Morgan fingerprint density at radius 1 is 1.14 bits per heavy atom. The second kappa shape index (κ2) is 7.47. The Labute approximate surface area is 171 Å². The Morgan fingerprint density at radius 2 is 1.93 bits per heavy atom. The molecule has 0 heterocycles. The number of hydrogen-bond donors (Lipinski definition) is 0. The fourth-order valence-corrected chi connectivity index (χ4v) is 6.17. The zero-order valence-electron chi connectivity index (χ0n) is 17.6. The van der Waals surface area contributed by atoms with Gasteiger partial charge in [-0.15, -0.1) is 0 Å². The lowest BCUT2D eigenvalue weighted by atomic mass is 9.55. The molecule has 1 aromatic carbocycles. The molecule has 6 nitrogen and oxygen atoms in total. The molecule has 3 aliphatic rings. The molecule has 2 saturated carbocycles. The average molecular weight is 399 g/mol. The molecule has 0 amide bonds. The van der Waals surface area contributed by atoms with Gasteiger partial charge in [0.1, 0.15) is 19.0 Å². The molecule has 2 fully saturated rings. The highest BCUT2D eigenvalue weighted by molar-refractivity contribution is 6.03. The molecule has 1 aromatic rings. The van der Waals surface area contributed by atoms with Crippen LogP contribution >= 0.6 is 0 Å². The van der Waals surface area contributed by atoms with Crippen LogP contribution in [0.25, 0.3) is 0 Å². The van der Waals surface area contributed by atoms with E-state index in [-0.39, 0.29) is 23.5 Å². The maximum atomic E-state index is 11.6. The summed E-state index contributed by atoms with van der Waals surface area (Å²) in [4.78, 5) is 28.1. The molecule has 3 aliphatic carbocycles. The summed E-state index contributed by atoms with van der Waals surface area (Å²) < 4.78 is 11.0. The fourth-order valence-electron chi connectivity index (χ4n) is 6.17. The van der Waals surface area contributed by atoms with Gasteiger partial charge in [0.25, 0.3) is 0 Å². The number of fused-ring (bicyclic) bond motifs is 5. The zero-order chi connectivity index (χ0) is 20.8. The third kappa shape index (κ3) is 3.43. The Morgan fingerprint density at radius 3 is 2.62 bits per heavy atom. The Hall–Kier alpha value is -2.37. The molecule has 5 unspecified atom stereocenters. The summed E-state index contributed by atoms with van der Waals surface area (Å²) in [6.45, 7) is 5.20. The van der Waals surface area contributed by atoms with Crippen molar-refractivity contribution in [2.75, 3.05) is 7.11 Å². The maximum absolute atomic E-state index is 11.6. The SMILES string of the molecule is CON=C1CC2C(CCC3(C)C(OC(C)=O)CCC23)c2ccc(OC(C)=O)cc21. The topological polar surface area (TPSA) is 74.2 Å². The molecular formula is C23H29NO5. The van der Waals surface area contributed by atoms with Crippen LogP contribution in [0.2, 0.25) is 0 Å². The standard InChI is InChI=1S/C23H29NO5/c1-13(25)28-15-5-6-16-17-9-10-23(3)20(7-8-22(23)29-14(2)26)18(17)12-21(24-27-4)19(16)11-15/h5-6,11,17-18,20,22H,7-10,12H2,1-4H3. The first-order chi connectivity index (χ1) is 13.8. The highest BCUT2D eigenvalue weighted by Crippen LogP contribution is 2.61. The first-order valence-electron chi connectivity index (χ1n) is 10.4. The van der Waals surface area contributed by atoms with Gasteiger partial charge in [-0.1, -0.05) is 18.1 Å². The molecule has 0 bridgehead atoms.